The molecule has 0 radical (unpaired) electrons. The summed E-state index contributed by atoms with van der Waals surface area (Å²) in [5.74, 6) is 0. The molecule has 1 saturated carbocycles. The van der Waals surface area contributed by atoms with Gasteiger partial charge in [-0.05, 0) is 31.2 Å². The Kier molecular flexibility index (Phi) is 6.48. The topological polar surface area (TPSA) is 55.8 Å². The van der Waals surface area contributed by atoms with Crippen LogP contribution in [0.1, 0.15) is 31.2 Å². The molecular weight excluding hydrogens is 314 g/mol. The van der Waals surface area contributed by atoms with Crippen LogP contribution in [-0.4, -0.2) is 65.8 Å². The number of carbonyl (C=O) groups is 1. The minimum Gasteiger partial charge on any atom is -0.393 e. The highest BCUT2D eigenvalue weighted by atomic mass is 16.3. The maximum Gasteiger partial charge on any atom is 0.317 e. The molecule has 2 fully saturated rings. The van der Waals surface area contributed by atoms with E-state index >= 15 is 0 Å². The van der Waals surface area contributed by atoms with Crippen LogP contribution in [0.5, 0.6) is 0 Å². The zero-order valence-corrected chi connectivity index (χ0v) is 14.8. The van der Waals surface area contributed by atoms with Gasteiger partial charge in [0.1, 0.15) is 0 Å². The number of nitrogens with zero attached hydrogens (tertiary/aromatic N) is 2. The molecular formula is C20H29N3O2. The van der Waals surface area contributed by atoms with E-state index in [1.54, 1.807) is 0 Å². The summed E-state index contributed by atoms with van der Waals surface area (Å²) in [6.07, 6.45) is 7.53. The summed E-state index contributed by atoms with van der Waals surface area (Å²) in [4.78, 5) is 16.7. The standard InChI is InChI=1S/C20H29N3O2/c24-19-10-8-18(9-11-19)21-20(25)23-15-13-22(14-16-23)12-4-7-17-5-2-1-3-6-17/h1-7,18-19,24H,8-16H2,(H,21,25)/b7-4+. The highest BCUT2D eigenvalue weighted by Gasteiger charge is 2.25. The Labute approximate surface area is 150 Å². The number of hydrogen-bond donors (Lipinski definition) is 2. The van der Waals surface area contributed by atoms with E-state index < -0.39 is 0 Å². The molecule has 1 heterocycles. The van der Waals surface area contributed by atoms with E-state index in [4.69, 9.17) is 0 Å². The van der Waals surface area contributed by atoms with Gasteiger partial charge in [-0.25, -0.2) is 4.79 Å². The van der Waals surface area contributed by atoms with Gasteiger partial charge in [0.2, 0.25) is 0 Å². The average Bonchev–Trinajstić information content (AvgIpc) is 2.65. The molecule has 0 aromatic heterocycles. The first kappa shape index (κ1) is 18.0. The molecule has 136 valence electrons. The van der Waals surface area contributed by atoms with Crippen molar-refractivity contribution in [1.29, 1.82) is 0 Å². The van der Waals surface area contributed by atoms with Gasteiger partial charge >= 0.3 is 6.03 Å². The Morgan fingerprint density at radius 1 is 1.08 bits per heavy atom. The minimum absolute atomic E-state index is 0.0564. The third kappa shape index (κ3) is 5.58. The number of urea groups is 1. The SMILES string of the molecule is O=C(NC1CCC(O)CC1)N1CCN(C/C=C/c2ccccc2)CC1. The van der Waals surface area contributed by atoms with Crippen molar-refractivity contribution >= 4 is 12.1 Å². The summed E-state index contributed by atoms with van der Waals surface area (Å²) in [7, 11) is 0. The quantitative estimate of drug-likeness (QED) is 0.882. The van der Waals surface area contributed by atoms with E-state index in [9.17, 15) is 9.90 Å². The second-order valence-corrected chi connectivity index (χ2v) is 7.06. The number of aliphatic hydroxyl groups is 1. The molecule has 2 N–H and O–H groups in total. The third-order valence-electron chi connectivity index (χ3n) is 5.16. The normalized spacial score (nSPS) is 25.2. The van der Waals surface area contributed by atoms with Crippen LogP contribution in [0.2, 0.25) is 0 Å². The molecule has 0 spiro atoms. The smallest absolute Gasteiger partial charge is 0.317 e. The summed E-state index contributed by atoms with van der Waals surface area (Å²) < 4.78 is 0. The lowest BCUT2D eigenvalue weighted by molar-refractivity contribution is 0.111. The van der Waals surface area contributed by atoms with Crippen LogP contribution in [0.15, 0.2) is 36.4 Å². The highest BCUT2D eigenvalue weighted by Crippen LogP contribution is 2.18. The average molecular weight is 343 g/mol. The molecule has 5 heteroatoms. The lowest BCUT2D eigenvalue weighted by Crippen LogP contribution is -2.53. The number of rotatable bonds is 4. The van der Waals surface area contributed by atoms with Crippen molar-refractivity contribution in [1.82, 2.24) is 15.1 Å². The summed E-state index contributed by atoms with van der Waals surface area (Å²) in [6.45, 7) is 4.30. The van der Waals surface area contributed by atoms with Gasteiger partial charge in [0.05, 0.1) is 6.10 Å². The first-order valence-corrected chi connectivity index (χ1v) is 9.38. The lowest BCUT2D eigenvalue weighted by Gasteiger charge is -2.35. The van der Waals surface area contributed by atoms with E-state index in [2.05, 4.69) is 34.5 Å². The Balaban J connectivity index is 1.36. The number of benzene rings is 1. The minimum atomic E-state index is -0.180. The van der Waals surface area contributed by atoms with Gasteiger partial charge in [-0.3, -0.25) is 4.90 Å². The van der Waals surface area contributed by atoms with Crippen LogP contribution in [0.3, 0.4) is 0 Å². The number of aliphatic hydroxyl groups excluding tert-OH is 1. The number of piperazine rings is 1. The monoisotopic (exact) mass is 343 g/mol. The first-order valence-electron chi connectivity index (χ1n) is 9.38. The Morgan fingerprint density at radius 3 is 2.44 bits per heavy atom. The van der Waals surface area contributed by atoms with E-state index in [0.29, 0.717) is 0 Å². The third-order valence-corrected chi connectivity index (χ3v) is 5.16. The van der Waals surface area contributed by atoms with Crippen LogP contribution >= 0.6 is 0 Å². The highest BCUT2D eigenvalue weighted by molar-refractivity contribution is 5.74. The van der Waals surface area contributed by atoms with Crippen LogP contribution in [0, 0.1) is 0 Å². The van der Waals surface area contributed by atoms with Gasteiger partial charge in [-0.2, -0.15) is 0 Å². The molecule has 1 aliphatic carbocycles. The summed E-state index contributed by atoms with van der Waals surface area (Å²) >= 11 is 0. The van der Waals surface area contributed by atoms with Gasteiger partial charge in [0, 0.05) is 38.8 Å². The van der Waals surface area contributed by atoms with Crippen molar-refractivity contribution in [3.8, 4) is 0 Å². The molecule has 0 unspecified atom stereocenters. The summed E-state index contributed by atoms with van der Waals surface area (Å²) in [6, 6.07) is 10.6. The molecule has 1 aliphatic heterocycles. The fourth-order valence-electron chi connectivity index (χ4n) is 3.52. The fourth-order valence-corrected chi connectivity index (χ4v) is 3.52. The van der Waals surface area contributed by atoms with Crippen molar-refractivity contribution < 1.29 is 9.90 Å². The Hall–Kier alpha value is -1.85. The predicted octanol–water partition coefficient (Wildman–Crippen LogP) is 2.33. The lowest BCUT2D eigenvalue weighted by atomic mass is 9.93. The fraction of sp³-hybridized carbons (Fsp3) is 0.550. The zero-order chi connectivity index (χ0) is 17.5. The van der Waals surface area contributed by atoms with E-state index in [-0.39, 0.29) is 18.2 Å². The van der Waals surface area contributed by atoms with Gasteiger partial charge in [0.15, 0.2) is 0 Å². The Morgan fingerprint density at radius 2 is 1.76 bits per heavy atom. The summed E-state index contributed by atoms with van der Waals surface area (Å²) in [5.41, 5.74) is 1.22. The van der Waals surface area contributed by atoms with Crippen LogP contribution in [0.25, 0.3) is 6.08 Å². The maximum atomic E-state index is 12.4. The van der Waals surface area contributed by atoms with E-state index in [1.807, 2.05) is 23.1 Å². The first-order chi connectivity index (χ1) is 12.2. The van der Waals surface area contributed by atoms with Crippen molar-refractivity contribution in [2.75, 3.05) is 32.7 Å². The molecule has 0 bridgehead atoms. The maximum absolute atomic E-state index is 12.4. The van der Waals surface area contributed by atoms with Crippen molar-refractivity contribution in [3.63, 3.8) is 0 Å². The van der Waals surface area contributed by atoms with E-state index in [1.165, 1.54) is 5.56 Å². The largest absolute Gasteiger partial charge is 0.393 e. The molecule has 1 aromatic rings. The molecule has 2 amide bonds. The molecule has 1 aromatic carbocycles. The number of hydrogen-bond acceptors (Lipinski definition) is 3. The van der Waals surface area contributed by atoms with Crippen LogP contribution in [-0.2, 0) is 0 Å². The molecule has 3 rings (SSSR count). The van der Waals surface area contributed by atoms with Crippen molar-refractivity contribution in [3.05, 3.63) is 42.0 Å². The van der Waals surface area contributed by atoms with Crippen molar-refractivity contribution in [2.45, 2.75) is 37.8 Å². The molecule has 1 saturated heterocycles. The zero-order valence-electron chi connectivity index (χ0n) is 14.8. The van der Waals surface area contributed by atoms with Gasteiger partial charge in [-0.1, -0.05) is 42.5 Å². The van der Waals surface area contributed by atoms with Crippen molar-refractivity contribution in [2.24, 2.45) is 0 Å². The van der Waals surface area contributed by atoms with Crippen LogP contribution < -0.4 is 5.32 Å². The van der Waals surface area contributed by atoms with Gasteiger partial charge in [0.25, 0.3) is 0 Å². The number of carbonyl (C=O) groups excluding carboxylic acids is 1. The molecule has 5 nitrogen and oxygen atoms in total. The second kappa shape index (κ2) is 9.02. The Bertz CT molecular complexity index is 560. The second-order valence-electron chi connectivity index (χ2n) is 7.06. The van der Waals surface area contributed by atoms with Crippen LogP contribution in [0.4, 0.5) is 4.79 Å². The molecule has 25 heavy (non-hydrogen) atoms. The molecule has 0 atom stereocenters. The molecule has 2 aliphatic rings. The number of nitrogens with one attached hydrogen (secondary N) is 1. The predicted molar refractivity (Wildman–Crippen MR) is 100 cm³/mol. The van der Waals surface area contributed by atoms with Gasteiger partial charge in [-0.15, -0.1) is 0 Å². The number of amides is 2. The van der Waals surface area contributed by atoms with E-state index in [0.717, 1.165) is 58.4 Å². The van der Waals surface area contributed by atoms with Gasteiger partial charge < -0.3 is 15.3 Å². The summed E-state index contributed by atoms with van der Waals surface area (Å²) in [5, 5.41) is 12.7.